The topological polar surface area (TPSA) is 57.2 Å². The fraction of sp³-hybridized carbons (Fsp3) is 0.722. The van der Waals surface area contributed by atoms with Crippen LogP contribution >= 0.6 is 0 Å². The van der Waals surface area contributed by atoms with Gasteiger partial charge in [0.05, 0.1) is 4.90 Å². The predicted molar refractivity (Wildman–Crippen MR) is 172 cm³/mol. The largest absolute Gasteiger partial charge is 1.00 e. The molecule has 0 amide bonds. The molecule has 0 aliphatic heterocycles. The molecule has 0 unspecified atom stereocenters. The quantitative estimate of drug-likeness (QED) is 0.0644. The van der Waals surface area contributed by atoms with E-state index in [1.54, 1.807) is 6.07 Å². The second-order valence-corrected chi connectivity index (χ2v) is 13.4. The molecule has 2 aromatic carbocycles. The second-order valence-electron chi connectivity index (χ2n) is 12.1. The number of fused-ring (bicyclic) bond motifs is 1. The molecule has 41 heavy (non-hydrogen) atoms. The molecule has 2 aromatic rings. The van der Waals surface area contributed by atoms with Crippen molar-refractivity contribution in [3.63, 3.8) is 0 Å². The summed E-state index contributed by atoms with van der Waals surface area (Å²) in [6, 6.07) is 9.35. The van der Waals surface area contributed by atoms with Crippen molar-refractivity contribution < 1.29 is 64.4 Å². The maximum atomic E-state index is 12.2. The Bertz CT molecular complexity index is 1030. The van der Waals surface area contributed by atoms with Crippen LogP contribution in [-0.2, 0) is 23.0 Å². The van der Waals surface area contributed by atoms with E-state index in [0.29, 0.717) is 5.39 Å². The van der Waals surface area contributed by atoms with Gasteiger partial charge in [0, 0.05) is 5.39 Å². The van der Waals surface area contributed by atoms with Crippen LogP contribution in [-0.4, -0.2) is 13.0 Å². The molecule has 0 bridgehead atoms. The van der Waals surface area contributed by atoms with E-state index in [2.05, 4.69) is 19.9 Å². The standard InChI is InChI=1S/C36H60O3S.K/c1-3-5-7-9-11-13-15-17-19-21-23-26-32-30-31-33-27-25-29-35(40(37,38)39)36(33)34(32)28-24-22-20-18-16-14-12-10-8-6-4-2;/h25,27,29-31H,3-24,26,28H2,1-2H3,(H,37,38,39);/q;+1/p-1. The Kier molecular flexibility index (Phi) is 23.5. The van der Waals surface area contributed by atoms with Crippen molar-refractivity contribution >= 4 is 20.9 Å². The van der Waals surface area contributed by atoms with E-state index in [0.717, 1.165) is 43.1 Å². The minimum Gasteiger partial charge on any atom is -0.744 e. The summed E-state index contributed by atoms with van der Waals surface area (Å²) in [4.78, 5) is -0.0381. The first kappa shape index (κ1) is 39.3. The minimum absolute atomic E-state index is 0. The average molecular weight is 611 g/mol. The van der Waals surface area contributed by atoms with Crippen molar-refractivity contribution in [1.82, 2.24) is 0 Å². The van der Waals surface area contributed by atoms with Crippen LogP contribution in [0.25, 0.3) is 10.8 Å². The van der Waals surface area contributed by atoms with Crippen molar-refractivity contribution in [2.75, 3.05) is 0 Å². The minimum atomic E-state index is -4.52. The summed E-state index contributed by atoms with van der Waals surface area (Å²) in [5.74, 6) is 0. The Hall–Kier alpha value is 0.246. The first-order valence-corrected chi connectivity index (χ1v) is 18.4. The summed E-state index contributed by atoms with van der Waals surface area (Å²) in [6.45, 7) is 4.53. The van der Waals surface area contributed by atoms with Crippen molar-refractivity contribution in [2.45, 2.75) is 173 Å². The third-order valence-electron chi connectivity index (χ3n) is 8.56. The molecule has 5 heteroatoms. The Morgan fingerprint density at radius 3 is 1.39 bits per heavy atom. The monoisotopic (exact) mass is 610 g/mol. The fourth-order valence-corrected chi connectivity index (χ4v) is 6.87. The number of unbranched alkanes of at least 4 members (excludes halogenated alkanes) is 20. The zero-order chi connectivity index (χ0) is 28.9. The zero-order valence-corrected chi connectivity index (χ0v) is 30.9. The number of hydrogen-bond donors (Lipinski definition) is 0. The maximum Gasteiger partial charge on any atom is 1.00 e. The number of aryl methyl sites for hydroxylation is 2. The van der Waals surface area contributed by atoms with Crippen molar-refractivity contribution in [3.05, 3.63) is 41.5 Å². The van der Waals surface area contributed by atoms with Gasteiger partial charge in [-0.25, -0.2) is 8.42 Å². The van der Waals surface area contributed by atoms with Crippen LogP contribution in [0, 0.1) is 0 Å². The molecule has 0 radical (unpaired) electrons. The summed E-state index contributed by atoms with van der Waals surface area (Å²) >= 11 is 0. The molecule has 0 saturated carbocycles. The van der Waals surface area contributed by atoms with E-state index < -0.39 is 10.1 Å². The molecule has 0 aromatic heterocycles. The van der Waals surface area contributed by atoms with Crippen LogP contribution in [0.5, 0.6) is 0 Å². The number of hydrogen-bond acceptors (Lipinski definition) is 3. The molecule has 0 aliphatic carbocycles. The van der Waals surface area contributed by atoms with Crippen LogP contribution in [0.1, 0.15) is 166 Å². The number of benzene rings is 2. The SMILES string of the molecule is CCCCCCCCCCCCCc1ccc2cccc(S(=O)(=O)[O-])c2c1CCCCCCCCCCCCC.[K+]. The van der Waals surface area contributed by atoms with Gasteiger partial charge >= 0.3 is 51.4 Å². The van der Waals surface area contributed by atoms with E-state index in [4.69, 9.17) is 0 Å². The van der Waals surface area contributed by atoms with Crippen LogP contribution in [0.3, 0.4) is 0 Å². The smallest absolute Gasteiger partial charge is 0.744 e. The van der Waals surface area contributed by atoms with E-state index in [9.17, 15) is 13.0 Å². The Morgan fingerprint density at radius 1 is 0.537 bits per heavy atom. The van der Waals surface area contributed by atoms with E-state index in [1.807, 2.05) is 12.1 Å². The van der Waals surface area contributed by atoms with Crippen molar-refractivity contribution in [3.8, 4) is 0 Å². The van der Waals surface area contributed by atoms with Gasteiger partial charge in [0.1, 0.15) is 10.1 Å². The molecule has 2 rings (SSSR count). The molecule has 0 aliphatic rings. The molecular weight excluding hydrogens is 552 g/mol. The fourth-order valence-electron chi connectivity index (χ4n) is 6.14. The molecule has 0 N–H and O–H groups in total. The van der Waals surface area contributed by atoms with E-state index >= 15 is 0 Å². The maximum absolute atomic E-state index is 12.2. The molecular formula is C36H59KO3S. The Morgan fingerprint density at radius 2 is 0.951 bits per heavy atom. The van der Waals surface area contributed by atoms with Gasteiger partial charge in [-0.05, 0) is 48.3 Å². The van der Waals surface area contributed by atoms with Gasteiger partial charge < -0.3 is 4.55 Å². The van der Waals surface area contributed by atoms with Crippen LogP contribution < -0.4 is 51.4 Å². The molecule has 0 heterocycles. The Balaban J connectivity index is 0.00000840. The first-order chi connectivity index (χ1) is 19.5. The van der Waals surface area contributed by atoms with Crippen LogP contribution in [0.4, 0.5) is 0 Å². The van der Waals surface area contributed by atoms with Gasteiger partial charge in [0.2, 0.25) is 0 Å². The third-order valence-corrected chi connectivity index (χ3v) is 9.44. The van der Waals surface area contributed by atoms with Gasteiger partial charge in [-0.1, -0.05) is 167 Å². The summed E-state index contributed by atoms with van der Waals surface area (Å²) in [6.07, 6.45) is 30.5. The van der Waals surface area contributed by atoms with Crippen molar-refractivity contribution in [1.29, 1.82) is 0 Å². The normalized spacial score (nSPS) is 11.7. The molecule has 0 spiro atoms. The Labute approximate surface area is 296 Å². The summed E-state index contributed by atoms with van der Waals surface area (Å²) in [7, 11) is -4.52. The average Bonchev–Trinajstić information content (AvgIpc) is 2.94. The molecule has 0 fully saturated rings. The predicted octanol–water partition coefficient (Wildman–Crippen LogP) is 8.45. The first-order valence-electron chi connectivity index (χ1n) is 17.0. The van der Waals surface area contributed by atoms with Gasteiger partial charge in [-0.3, -0.25) is 0 Å². The molecule has 0 atom stereocenters. The molecule has 3 nitrogen and oxygen atoms in total. The van der Waals surface area contributed by atoms with Crippen molar-refractivity contribution in [2.24, 2.45) is 0 Å². The third kappa shape index (κ3) is 16.8. The van der Waals surface area contributed by atoms with E-state index in [1.165, 1.54) is 134 Å². The van der Waals surface area contributed by atoms with Crippen LogP contribution in [0.2, 0.25) is 0 Å². The van der Waals surface area contributed by atoms with Gasteiger partial charge in [0.15, 0.2) is 0 Å². The molecule has 228 valence electrons. The number of rotatable bonds is 25. The summed E-state index contributed by atoms with van der Waals surface area (Å²) < 4.78 is 36.5. The van der Waals surface area contributed by atoms with Gasteiger partial charge in [0.25, 0.3) is 0 Å². The molecule has 0 saturated heterocycles. The van der Waals surface area contributed by atoms with Gasteiger partial charge in [-0.15, -0.1) is 0 Å². The summed E-state index contributed by atoms with van der Waals surface area (Å²) in [5, 5.41) is 1.56. The van der Waals surface area contributed by atoms with E-state index in [-0.39, 0.29) is 56.3 Å². The zero-order valence-electron chi connectivity index (χ0n) is 27.0. The second kappa shape index (κ2) is 24.6. The van der Waals surface area contributed by atoms with Gasteiger partial charge in [-0.2, -0.15) is 0 Å². The summed E-state index contributed by atoms with van der Waals surface area (Å²) in [5.41, 5.74) is 2.35. The van der Waals surface area contributed by atoms with Crippen LogP contribution in [0.15, 0.2) is 35.2 Å².